The van der Waals surface area contributed by atoms with Crippen molar-refractivity contribution in [3.63, 3.8) is 0 Å². The minimum Gasteiger partial charge on any atom is -0.0616 e. The Kier molecular flexibility index (Phi) is 4.17. The lowest BCUT2D eigenvalue weighted by Gasteiger charge is -2.02. The largest absolute Gasteiger partial charge is 0.143 e. The van der Waals surface area contributed by atoms with Gasteiger partial charge in [-0.2, -0.15) is 0 Å². The van der Waals surface area contributed by atoms with Crippen LogP contribution in [0.2, 0.25) is 0 Å². The van der Waals surface area contributed by atoms with Gasteiger partial charge in [-0.15, -0.1) is 0 Å². The Labute approximate surface area is 102 Å². The predicted octanol–water partition coefficient (Wildman–Crippen LogP) is 5.03. The van der Waals surface area contributed by atoms with Crippen molar-refractivity contribution >= 4 is 22.5 Å². The van der Waals surface area contributed by atoms with Gasteiger partial charge in [-0.1, -0.05) is 49.4 Å². The fourth-order valence-corrected chi connectivity index (χ4v) is 2.72. The average Bonchev–Trinajstić information content (AvgIpc) is 2.35. The number of rotatable bonds is 5. The summed E-state index contributed by atoms with van der Waals surface area (Å²) in [5, 5.41) is 2.73. The second kappa shape index (κ2) is 5.86. The number of hydrogen-bond acceptors (Lipinski definition) is 1. The van der Waals surface area contributed by atoms with Gasteiger partial charge in [0, 0.05) is 0 Å². The summed E-state index contributed by atoms with van der Waals surface area (Å²) in [7, 11) is 0. The van der Waals surface area contributed by atoms with Crippen molar-refractivity contribution in [1.82, 2.24) is 0 Å². The molecule has 16 heavy (non-hydrogen) atoms. The molecular weight excluding hydrogens is 212 g/mol. The Bertz CT molecular complexity index is 443. The van der Waals surface area contributed by atoms with Crippen LogP contribution in [0.15, 0.2) is 42.5 Å². The van der Waals surface area contributed by atoms with E-state index in [0.29, 0.717) is 0 Å². The zero-order chi connectivity index (χ0) is 11.2. The van der Waals surface area contributed by atoms with Crippen molar-refractivity contribution in [1.29, 1.82) is 0 Å². The van der Waals surface area contributed by atoms with Gasteiger partial charge in [0.25, 0.3) is 0 Å². The van der Waals surface area contributed by atoms with Crippen molar-refractivity contribution in [2.45, 2.75) is 25.5 Å². The lowest BCUT2D eigenvalue weighted by Crippen LogP contribution is -1.83. The molecule has 0 nitrogen and oxygen atoms in total. The number of benzene rings is 2. The maximum atomic E-state index is 2.32. The summed E-state index contributed by atoms with van der Waals surface area (Å²) < 4.78 is 0. The highest BCUT2D eigenvalue weighted by Crippen LogP contribution is 2.24. The molecule has 2 rings (SSSR count). The Balaban J connectivity index is 2.11. The van der Waals surface area contributed by atoms with Gasteiger partial charge in [0.05, 0.1) is 23.9 Å². The molecule has 0 saturated carbocycles. The van der Waals surface area contributed by atoms with Crippen molar-refractivity contribution < 1.29 is 0 Å². The highest BCUT2D eigenvalue weighted by atomic mass is 32.2. The Morgan fingerprint density at radius 1 is 1.06 bits per heavy atom. The third kappa shape index (κ3) is 2.73. The van der Waals surface area contributed by atoms with E-state index in [4.69, 9.17) is 0 Å². The molecule has 0 heterocycles. The van der Waals surface area contributed by atoms with E-state index < -0.39 is 0 Å². The number of thioether (sulfide) groups is 1. The molecule has 82 valence electrons. The molecule has 0 N–H and O–H groups in total. The molecule has 2 aromatic rings. The lowest BCUT2D eigenvalue weighted by molar-refractivity contribution is 0.944. The fraction of sp³-hybridized carbons (Fsp3) is 0.267. The molecule has 0 aromatic heterocycles. The summed E-state index contributed by atoms with van der Waals surface area (Å²) in [5.41, 5.74) is 1.44. The van der Waals surface area contributed by atoms with Gasteiger partial charge in [0.1, 0.15) is 5.75 Å². The van der Waals surface area contributed by atoms with Crippen molar-refractivity contribution in [2.75, 3.05) is 0 Å². The molecule has 0 aliphatic carbocycles. The summed E-state index contributed by atoms with van der Waals surface area (Å²) in [6.45, 7) is 2.22. The van der Waals surface area contributed by atoms with Crippen LogP contribution in [0.3, 0.4) is 0 Å². The molecular formula is C15H17S+. The zero-order valence-electron chi connectivity index (χ0n) is 9.65. The minimum atomic E-state index is 1.08. The second-order valence-corrected chi connectivity index (χ2v) is 4.86. The maximum Gasteiger partial charge on any atom is 0.143 e. The zero-order valence-corrected chi connectivity index (χ0v) is 10.5. The summed E-state index contributed by atoms with van der Waals surface area (Å²) >= 11 is 1.92. The second-order valence-electron chi connectivity index (χ2n) is 3.90. The third-order valence-corrected chi connectivity index (χ3v) is 3.59. The monoisotopic (exact) mass is 229 g/mol. The van der Waals surface area contributed by atoms with Crippen LogP contribution in [0, 0.1) is 5.75 Å². The molecule has 2 aromatic carbocycles. The summed E-state index contributed by atoms with van der Waals surface area (Å²) in [5.74, 6) is 3.41. The number of unbranched alkanes of at least 4 members (excludes halogenated alkanes) is 1. The van der Waals surface area contributed by atoms with E-state index in [1.165, 1.54) is 29.2 Å². The van der Waals surface area contributed by atoms with Crippen LogP contribution in [0.5, 0.6) is 0 Å². The molecule has 0 amide bonds. The Morgan fingerprint density at radius 2 is 1.88 bits per heavy atom. The van der Waals surface area contributed by atoms with Crippen molar-refractivity contribution in [3.05, 3.63) is 53.8 Å². The van der Waals surface area contributed by atoms with E-state index in [1.807, 2.05) is 11.8 Å². The van der Waals surface area contributed by atoms with Crippen LogP contribution in [0.1, 0.15) is 25.3 Å². The first-order valence-electron chi connectivity index (χ1n) is 5.81. The summed E-state index contributed by atoms with van der Waals surface area (Å²) in [6, 6.07) is 15.2. The molecule has 0 spiro atoms. The topological polar surface area (TPSA) is 0 Å². The lowest BCUT2D eigenvalue weighted by atomic mass is 10.1. The van der Waals surface area contributed by atoms with E-state index in [-0.39, 0.29) is 0 Å². The average molecular weight is 229 g/mol. The molecule has 0 aliphatic heterocycles. The highest BCUT2D eigenvalue weighted by molar-refractivity contribution is 8.00. The molecule has 0 fully saturated rings. The first-order chi connectivity index (χ1) is 7.92. The molecule has 0 radical (unpaired) electrons. The van der Waals surface area contributed by atoms with Gasteiger partial charge in [-0.3, -0.25) is 0 Å². The van der Waals surface area contributed by atoms with Gasteiger partial charge in [0.2, 0.25) is 0 Å². The Hall–Kier alpha value is -1.08. The van der Waals surface area contributed by atoms with E-state index in [0.717, 1.165) is 5.75 Å². The van der Waals surface area contributed by atoms with E-state index >= 15 is 0 Å². The Morgan fingerprint density at radius 3 is 2.75 bits per heavy atom. The standard InChI is InChI=1S/C15H17S/c1-2-3-11-16-12-14-9-6-8-13-7-4-5-10-15(13)14/h4-11H,2-3,12H2,1H3/q+1. The minimum absolute atomic E-state index is 1.08. The predicted molar refractivity (Wildman–Crippen MR) is 74.5 cm³/mol. The van der Waals surface area contributed by atoms with Crippen molar-refractivity contribution in [2.24, 2.45) is 0 Å². The van der Waals surface area contributed by atoms with Crippen LogP contribution in [0.4, 0.5) is 0 Å². The molecule has 0 atom stereocenters. The van der Waals surface area contributed by atoms with Crippen LogP contribution < -0.4 is 0 Å². The van der Waals surface area contributed by atoms with Crippen LogP contribution in [-0.2, 0) is 5.75 Å². The van der Waals surface area contributed by atoms with Gasteiger partial charge in [-0.25, -0.2) is 0 Å². The van der Waals surface area contributed by atoms with Crippen LogP contribution >= 0.6 is 11.8 Å². The molecule has 0 unspecified atom stereocenters. The van der Waals surface area contributed by atoms with E-state index in [1.54, 1.807) is 0 Å². The quantitative estimate of drug-likeness (QED) is 0.511. The molecule has 0 aliphatic rings. The van der Waals surface area contributed by atoms with Crippen LogP contribution in [-0.4, -0.2) is 0 Å². The van der Waals surface area contributed by atoms with Gasteiger partial charge in [0.15, 0.2) is 0 Å². The van der Waals surface area contributed by atoms with Gasteiger partial charge < -0.3 is 0 Å². The van der Waals surface area contributed by atoms with E-state index in [9.17, 15) is 0 Å². The smallest absolute Gasteiger partial charge is 0.0616 e. The molecule has 1 heteroatoms. The third-order valence-electron chi connectivity index (χ3n) is 2.64. The number of hydrogen-bond donors (Lipinski definition) is 0. The van der Waals surface area contributed by atoms with E-state index in [2.05, 4.69) is 55.1 Å². The fourth-order valence-electron chi connectivity index (χ4n) is 1.77. The summed E-state index contributed by atoms with van der Waals surface area (Å²) in [6.07, 6.45) is 2.44. The molecule has 0 saturated heterocycles. The van der Waals surface area contributed by atoms with Gasteiger partial charge in [-0.05, 0) is 22.8 Å². The van der Waals surface area contributed by atoms with Crippen molar-refractivity contribution in [3.8, 4) is 0 Å². The normalized spacial score (nSPS) is 10.6. The maximum absolute atomic E-state index is 2.32. The first kappa shape index (κ1) is 11.4. The summed E-state index contributed by atoms with van der Waals surface area (Å²) in [4.78, 5) is 0. The first-order valence-corrected chi connectivity index (χ1v) is 6.86. The highest BCUT2D eigenvalue weighted by Gasteiger charge is 2.04. The molecule has 0 bridgehead atoms. The SMILES string of the molecule is CCC[CH+]SCc1cccc2ccccc12. The number of fused-ring (bicyclic) bond motifs is 1. The van der Waals surface area contributed by atoms with Crippen LogP contribution in [0.25, 0.3) is 10.8 Å². The van der Waals surface area contributed by atoms with Gasteiger partial charge >= 0.3 is 0 Å².